The van der Waals surface area contributed by atoms with Crippen molar-refractivity contribution in [2.45, 2.75) is 86.2 Å². The third-order valence-electron chi connectivity index (χ3n) is 6.99. The highest BCUT2D eigenvalue weighted by molar-refractivity contribution is 6.03. The first-order valence-corrected chi connectivity index (χ1v) is 15.8. The number of benzene rings is 2. The number of rotatable bonds is 10. The zero-order valence-corrected chi connectivity index (χ0v) is 28.6. The van der Waals surface area contributed by atoms with Gasteiger partial charge in [-0.15, -0.1) is 0 Å². The van der Waals surface area contributed by atoms with Gasteiger partial charge in [-0.25, -0.2) is 0 Å². The van der Waals surface area contributed by atoms with Crippen LogP contribution in [0.5, 0.6) is 0 Å². The number of aliphatic hydroxyl groups is 1. The number of amides is 3. The predicted octanol–water partition coefficient (Wildman–Crippen LogP) is 6.37. The average Bonchev–Trinajstić information content (AvgIpc) is 3.04. The van der Waals surface area contributed by atoms with Gasteiger partial charge < -0.3 is 25.5 Å². The Morgan fingerprint density at radius 1 is 0.932 bits per heavy atom. The number of anilines is 1. The Labute approximate surface area is 266 Å². The maximum atomic E-state index is 12.7. The molecule has 246 valence electrons. The maximum absolute atomic E-state index is 12.7. The van der Waals surface area contributed by atoms with E-state index in [9.17, 15) is 14.4 Å². The predicted molar refractivity (Wildman–Crippen MR) is 184 cm³/mol. The molecule has 0 saturated carbocycles. The van der Waals surface area contributed by atoms with Gasteiger partial charge in [-0.2, -0.15) is 0 Å². The molecular weight excluding hydrogens is 552 g/mol. The number of aliphatic hydroxyl groups excluding tert-OH is 1. The van der Waals surface area contributed by atoms with Crippen LogP contribution in [-0.4, -0.2) is 79.0 Å². The molecule has 0 aromatic heterocycles. The van der Waals surface area contributed by atoms with Crippen LogP contribution in [0.2, 0.25) is 0 Å². The van der Waals surface area contributed by atoms with Crippen molar-refractivity contribution < 1.29 is 19.5 Å². The van der Waals surface area contributed by atoms with Crippen LogP contribution in [0.4, 0.5) is 5.69 Å². The van der Waals surface area contributed by atoms with Crippen LogP contribution in [0.3, 0.4) is 0 Å². The summed E-state index contributed by atoms with van der Waals surface area (Å²) in [4.78, 5) is 39.5. The molecule has 1 saturated heterocycles. The van der Waals surface area contributed by atoms with Crippen LogP contribution >= 0.6 is 0 Å². The monoisotopic (exact) mass is 610 g/mol. The molecule has 3 amide bonds. The van der Waals surface area contributed by atoms with Gasteiger partial charge in [0.05, 0.1) is 12.6 Å². The van der Waals surface area contributed by atoms with Gasteiger partial charge >= 0.3 is 0 Å². The molecule has 1 heterocycles. The Kier molecular flexibility index (Phi) is 22.0. The quantitative estimate of drug-likeness (QED) is 0.214. The lowest BCUT2D eigenvalue weighted by atomic mass is 9.99. The Balaban J connectivity index is 0.00000109. The second-order valence-electron chi connectivity index (χ2n) is 11.4. The van der Waals surface area contributed by atoms with Gasteiger partial charge in [-0.05, 0) is 75.9 Å². The van der Waals surface area contributed by atoms with Gasteiger partial charge in [0.25, 0.3) is 5.91 Å². The number of piperidine rings is 1. The minimum atomic E-state index is -0.271. The first-order chi connectivity index (χ1) is 21.0. The Morgan fingerprint density at radius 3 is 2.00 bits per heavy atom. The molecule has 0 bridgehead atoms. The number of hydrogen-bond acceptors (Lipinski definition) is 5. The molecule has 0 spiro atoms. The Morgan fingerprint density at radius 2 is 1.50 bits per heavy atom. The summed E-state index contributed by atoms with van der Waals surface area (Å²) in [5.41, 5.74) is 3.31. The van der Waals surface area contributed by atoms with E-state index in [4.69, 9.17) is 5.11 Å². The first kappa shape index (κ1) is 40.5. The van der Waals surface area contributed by atoms with Crippen molar-refractivity contribution in [2.75, 3.05) is 39.1 Å². The summed E-state index contributed by atoms with van der Waals surface area (Å²) >= 11 is 0. The van der Waals surface area contributed by atoms with E-state index in [2.05, 4.69) is 43.2 Å². The number of hydrogen-bond donors (Lipinski definition) is 3. The van der Waals surface area contributed by atoms with E-state index in [1.54, 1.807) is 24.9 Å². The van der Waals surface area contributed by atoms with Crippen LogP contribution in [-0.2, 0) is 14.4 Å². The molecule has 0 radical (unpaired) electrons. The number of likely N-dealkylation sites (N-methyl/N-ethyl adjacent to an activating group) is 1. The molecule has 3 N–H and O–H groups in total. The fourth-order valence-electron chi connectivity index (χ4n) is 4.57. The minimum absolute atomic E-state index is 0.0748. The first-order valence-electron chi connectivity index (χ1n) is 15.8. The SMILES string of the molecule is C/C(=C\C(C(C)C)N(C)C(=O)CNC=O)C(=O)Nc1cccc(-c2ccccc2)c1.CC(C)N1CCCCC1.CCC.CO. The van der Waals surface area contributed by atoms with E-state index >= 15 is 0 Å². The molecule has 1 unspecified atom stereocenters. The minimum Gasteiger partial charge on any atom is -0.400 e. The highest BCUT2D eigenvalue weighted by atomic mass is 16.2. The zero-order valence-electron chi connectivity index (χ0n) is 28.6. The smallest absolute Gasteiger partial charge is 0.251 e. The molecule has 44 heavy (non-hydrogen) atoms. The summed E-state index contributed by atoms with van der Waals surface area (Å²) in [6.07, 6.45) is 7.81. The molecule has 0 aliphatic carbocycles. The van der Waals surface area contributed by atoms with Crippen LogP contribution < -0.4 is 10.6 Å². The molecule has 2 aromatic rings. The van der Waals surface area contributed by atoms with E-state index in [1.165, 1.54) is 38.8 Å². The third-order valence-corrected chi connectivity index (χ3v) is 6.99. The molecular formula is C36H58N4O4. The summed E-state index contributed by atoms with van der Waals surface area (Å²) in [6, 6.07) is 18.1. The molecule has 1 fully saturated rings. The Hall–Kier alpha value is -3.49. The largest absolute Gasteiger partial charge is 0.400 e. The van der Waals surface area contributed by atoms with Gasteiger partial charge in [0.15, 0.2) is 0 Å². The van der Waals surface area contributed by atoms with Crippen molar-refractivity contribution in [1.82, 2.24) is 15.1 Å². The van der Waals surface area contributed by atoms with Gasteiger partial charge in [0.2, 0.25) is 12.3 Å². The molecule has 1 aliphatic rings. The van der Waals surface area contributed by atoms with Crippen molar-refractivity contribution in [3.63, 3.8) is 0 Å². The fraction of sp³-hybridized carbons (Fsp3) is 0.528. The van der Waals surface area contributed by atoms with E-state index in [1.807, 2.05) is 68.4 Å². The lowest BCUT2D eigenvalue weighted by molar-refractivity contribution is -0.132. The van der Waals surface area contributed by atoms with Gasteiger partial charge in [0, 0.05) is 31.5 Å². The highest BCUT2D eigenvalue weighted by Gasteiger charge is 2.22. The topological polar surface area (TPSA) is 102 Å². The van der Waals surface area contributed by atoms with Crippen LogP contribution in [0.15, 0.2) is 66.2 Å². The van der Waals surface area contributed by atoms with Crippen molar-refractivity contribution in [2.24, 2.45) is 5.92 Å². The zero-order chi connectivity index (χ0) is 33.5. The summed E-state index contributed by atoms with van der Waals surface area (Å²) < 4.78 is 0. The summed E-state index contributed by atoms with van der Waals surface area (Å²) in [5.74, 6) is -0.349. The second-order valence-corrected chi connectivity index (χ2v) is 11.4. The molecule has 2 aromatic carbocycles. The summed E-state index contributed by atoms with van der Waals surface area (Å²) in [7, 11) is 2.67. The van der Waals surface area contributed by atoms with E-state index < -0.39 is 0 Å². The van der Waals surface area contributed by atoms with E-state index in [0.29, 0.717) is 17.7 Å². The number of nitrogens with zero attached hydrogens (tertiary/aromatic N) is 2. The number of likely N-dealkylation sites (tertiary alicyclic amines) is 1. The molecule has 3 rings (SSSR count). The second kappa shape index (κ2) is 23.9. The van der Waals surface area contributed by atoms with E-state index in [-0.39, 0.29) is 30.3 Å². The Bertz CT molecular complexity index is 1100. The van der Waals surface area contributed by atoms with Crippen LogP contribution in [0.1, 0.15) is 74.1 Å². The highest BCUT2D eigenvalue weighted by Crippen LogP contribution is 2.23. The van der Waals surface area contributed by atoms with Crippen molar-refractivity contribution in [3.05, 3.63) is 66.2 Å². The van der Waals surface area contributed by atoms with Crippen molar-refractivity contribution >= 4 is 23.9 Å². The van der Waals surface area contributed by atoms with Gasteiger partial charge in [0.1, 0.15) is 0 Å². The average molecular weight is 611 g/mol. The van der Waals surface area contributed by atoms with Crippen LogP contribution in [0.25, 0.3) is 11.1 Å². The maximum Gasteiger partial charge on any atom is 0.251 e. The lowest BCUT2D eigenvalue weighted by Gasteiger charge is -2.29. The molecule has 1 aliphatic heterocycles. The number of carbonyl (C=O) groups is 3. The number of carbonyl (C=O) groups excluding carboxylic acids is 3. The van der Waals surface area contributed by atoms with E-state index in [0.717, 1.165) is 24.3 Å². The third kappa shape index (κ3) is 15.8. The van der Waals surface area contributed by atoms with Gasteiger partial charge in [-0.1, -0.05) is 89.1 Å². The summed E-state index contributed by atoms with van der Waals surface area (Å²) in [5, 5.41) is 12.3. The molecule has 1 atom stereocenters. The standard InChI is InChI=1S/C24H29N3O3.C8H17N.C3H8.CH4O/c1-17(2)22(27(4)23(29)15-25-16-28)13-18(3)24(30)26-21-12-8-11-20(14-21)19-9-6-5-7-10-19;1-8(2)9-6-4-3-5-7-9;1-3-2;1-2/h5-14,16-17,22H,15H2,1-4H3,(H,25,28)(H,26,30);8H,3-7H2,1-2H3;3H2,1-2H3;2H,1H3/b18-13+;;;. The van der Waals surface area contributed by atoms with Crippen molar-refractivity contribution in [1.29, 1.82) is 0 Å². The molecule has 8 nitrogen and oxygen atoms in total. The van der Waals surface area contributed by atoms with Crippen molar-refractivity contribution in [3.8, 4) is 11.1 Å². The fourth-order valence-corrected chi connectivity index (χ4v) is 4.57. The number of nitrogens with one attached hydrogen (secondary N) is 2. The summed E-state index contributed by atoms with van der Waals surface area (Å²) in [6.45, 7) is 17.1. The normalized spacial score (nSPS) is 13.6. The van der Waals surface area contributed by atoms with Crippen LogP contribution in [0, 0.1) is 5.92 Å². The lowest BCUT2D eigenvalue weighted by Crippen LogP contribution is -2.43. The molecule has 8 heteroatoms. The van der Waals surface area contributed by atoms with Gasteiger partial charge in [-0.3, -0.25) is 14.4 Å².